The number of methoxy groups -OCH3 is 1. The predicted octanol–water partition coefficient (Wildman–Crippen LogP) is 2.74. The van der Waals surface area contributed by atoms with Crippen molar-refractivity contribution in [2.45, 2.75) is 13.5 Å². The number of para-hydroxylation sites is 1. The third kappa shape index (κ3) is 4.64. The van der Waals surface area contributed by atoms with E-state index in [0.717, 1.165) is 11.3 Å². The first kappa shape index (κ1) is 16.1. The predicted molar refractivity (Wildman–Crippen MR) is 85.9 cm³/mol. The van der Waals surface area contributed by atoms with Crippen LogP contribution in [0.15, 0.2) is 30.3 Å². The highest BCUT2D eigenvalue weighted by Gasteiger charge is 2.06. The van der Waals surface area contributed by atoms with Gasteiger partial charge in [-0.25, -0.2) is 0 Å². The number of benzene rings is 1. The van der Waals surface area contributed by atoms with Crippen molar-refractivity contribution in [2.75, 3.05) is 19.0 Å². The topological polar surface area (TPSA) is 73.3 Å². The SMILES string of the molecule is CCOc1ccccc1/C=C/C(=O)Nc1nnc(COC)s1. The fourth-order valence-electron chi connectivity index (χ4n) is 1.70. The summed E-state index contributed by atoms with van der Waals surface area (Å²) in [6.07, 6.45) is 3.15. The first-order chi connectivity index (χ1) is 10.7. The van der Waals surface area contributed by atoms with E-state index in [-0.39, 0.29) is 5.91 Å². The molecule has 0 atom stereocenters. The Kier molecular flexibility index (Phi) is 6.05. The smallest absolute Gasteiger partial charge is 0.250 e. The lowest BCUT2D eigenvalue weighted by Crippen LogP contribution is -2.07. The number of hydrogen-bond acceptors (Lipinski definition) is 6. The van der Waals surface area contributed by atoms with Crippen LogP contribution in [0.3, 0.4) is 0 Å². The van der Waals surface area contributed by atoms with Gasteiger partial charge in [-0.2, -0.15) is 0 Å². The molecule has 0 aliphatic heterocycles. The van der Waals surface area contributed by atoms with E-state index in [1.54, 1.807) is 13.2 Å². The Hall–Kier alpha value is -2.25. The Morgan fingerprint density at radius 3 is 2.95 bits per heavy atom. The van der Waals surface area contributed by atoms with Gasteiger partial charge >= 0.3 is 0 Å². The maximum Gasteiger partial charge on any atom is 0.250 e. The third-order valence-corrected chi connectivity index (χ3v) is 3.41. The largest absolute Gasteiger partial charge is 0.493 e. The second-order valence-electron chi connectivity index (χ2n) is 4.23. The fraction of sp³-hybridized carbons (Fsp3) is 0.267. The number of amides is 1. The van der Waals surface area contributed by atoms with E-state index in [9.17, 15) is 4.79 Å². The summed E-state index contributed by atoms with van der Waals surface area (Å²) in [5, 5.41) is 11.6. The van der Waals surface area contributed by atoms with E-state index in [1.165, 1.54) is 17.4 Å². The van der Waals surface area contributed by atoms with Crippen LogP contribution in [0.1, 0.15) is 17.5 Å². The van der Waals surface area contributed by atoms with Crippen molar-refractivity contribution in [1.82, 2.24) is 10.2 Å². The van der Waals surface area contributed by atoms with Crippen molar-refractivity contribution in [3.63, 3.8) is 0 Å². The van der Waals surface area contributed by atoms with E-state index in [1.807, 2.05) is 31.2 Å². The third-order valence-electron chi connectivity index (χ3n) is 2.60. The van der Waals surface area contributed by atoms with Crippen molar-refractivity contribution >= 4 is 28.5 Å². The number of hydrogen-bond donors (Lipinski definition) is 1. The standard InChI is InChI=1S/C15H17N3O3S/c1-3-21-12-7-5-4-6-11(12)8-9-13(19)16-15-18-17-14(22-15)10-20-2/h4-9H,3,10H2,1-2H3,(H,16,18,19)/b9-8+. The van der Waals surface area contributed by atoms with Crippen LogP contribution in [0.4, 0.5) is 5.13 Å². The number of nitrogens with one attached hydrogen (secondary N) is 1. The Morgan fingerprint density at radius 1 is 1.36 bits per heavy atom. The second kappa shape index (κ2) is 8.26. The van der Waals surface area contributed by atoms with Crippen LogP contribution in [0, 0.1) is 0 Å². The molecule has 0 fully saturated rings. The number of nitrogens with zero attached hydrogens (tertiary/aromatic N) is 2. The molecule has 6 nitrogen and oxygen atoms in total. The lowest BCUT2D eigenvalue weighted by atomic mass is 10.2. The monoisotopic (exact) mass is 319 g/mol. The molecule has 0 saturated carbocycles. The lowest BCUT2D eigenvalue weighted by molar-refractivity contribution is -0.111. The normalized spacial score (nSPS) is 10.8. The van der Waals surface area contributed by atoms with Crippen LogP contribution in [-0.2, 0) is 16.1 Å². The summed E-state index contributed by atoms with van der Waals surface area (Å²) >= 11 is 1.28. The zero-order chi connectivity index (χ0) is 15.8. The molecular weight excluding hydrogens is 302 g/mol. The molecule has 1 amide bonds. The number of aromatic nitrogens is 2. The quantitative estimate of drug-likeness (QED) is 0.794. The molecule has 116 valence electrons. The van der Waals surface area contributed by atoms with Crippen LogP contribution < -0.4 is 10.1 Å². The van der Waals surface area contributed by atoms with Crippen molar-refractivity contribution in [1.29, 1.82) is 0 Å². The fourth-order valence-corrected chi connectivity index (χ4v) is 2.42. The molecule has 0 radical (unpaired) electrons. The molecule has 0 aliphatic rings. The molecule has 2 aromatic rings. The molecule has 0 bridgehead atoms. The van der Waals surface area contributed by atoms with Crippen molar-refractivity contribution in [2.24, 2.45) is 0 Å². The van der Waals surface area contributed by atoms with E-state index in [0.29, 0.717) is 23.4 Å². The number of ether oxygens (including phenoxy) is 2. The van der Waals surface area contributed by atoms with Gasteiger partial charge in [0.1, 0.15) is 17.4 Å². The van der Waals surface area contributed by atoms with Gasteiger partial charge in [0.05, 0.1) is 6.61 Å². The summed E-state index contributed by atoms with van der Waals surface area (Å²) in [5.41, 5.74) is 0.844. The molecule has 7 heteroatoms. The average molecular weight is 319 g/mol. The molecule has 2 rings (SSSR count). The minimum Gasteiger partial charge on any atom is -0.493 e. The number of carbonyl (C=O) groups excluding carboxylic acids is 1. The van der Waals surface area contributed by atoms with Crippen LogP contribution in [-0.4, -0.2) is 29.8 Å². The summed E-state index contributed by atoms with van der Waals surface area (Å²) in [4.78, 5) is 11.9. The van der Waals surface area contributed by atoms with Gasteiger partial charge in [-0.05, 0) is 19.1 Å². The second-order valence-corrected chi connectivity index (χ2v) is 5.29. The van der Waals surface area contributed by atoms with Gasteiger partial charge < -0.3 is 9.47 Å². The minimum absolute atomic E-state index is 0.272. The molecule has 0 spiro atoms. The van der Waals surface area contributed by atoms with E-state index < -0.39 is 0 Å². The number of anilines is 1. The van der Waals surface area contributed by atoms with Gasteiger partial charge in [-0.15, -0.1) is 10.2 Å². The zero-order valence-corrected chi connectivity index (χ0v) is 13.2. The summed E-state index contributed by atoms with van der Waals surface area (Å²) in [6.45, 7) is 2.87. The summed E-state index contributed by atoms with van der Waals surface area (Å²) < 4.78 is 10.5. The molecule has 1 aromatic heterocycles. The van der Waals surface area contributed by atoms with E-state index >= 15 is 0 Å². The highest BCUT2D eigenvalue weighted by atomic mass is 32.1. The Balaban J connectivity index is 1.99. The zero-order valence-electron chi connectivity index (χ0n) is 12.4. The molecule has 1 aromatic carbocycles. The molecule has 0 aliphatic carbocycles. The Morgan fingerprint density at radius 2 is 2.18 bits per heavy atom. The lowest BCUT2D eigenvalue weighted by Gasteiger charge is -2.05. The Bertz CT molecular complexity index is 655. The van der Waals surface area contributed by atoms with Crippen LogP contribution >= 0.6 is 11.3 Å². The summed E-state index contributed by atoms with van der Waals surface area (Å²) in [7, 11) is 1.58. The molecule has 1 N–H and O–H groups in total. The highest BCUT2D eigenvalue weighted by molar-refractivity contribution is 7.15. The van der Waals surface area contributed by atoms with Crippen LogP contribution in [0.5, 0.6) is 5.75 Å². The first-order valence-electron chi connectivity index (χ1n) is 6.75. The van der Waals surface area contributed by atoms with Crippen LogP contribution in [0.2, 0.25) is 0 Å². The number of carbonyl (C=O) groups is 1. The maximum atomic E-state index is 11.9. The van der Waals surface area contributed by atoms with Gasteiger partial charge in [0.2, 0.25) is 11.0 Å². The van der Waals surface area contributed by atoms with Gasteiger partial charge in [0.25, 0.3) is 0 Å². The van der Waals surface area contributed by atoms with Crippen LogP contribution in [0.25, 0.3) is 6.08 Å². The van der Waals surface area contributed by atoms with Crippen molar-refractivity contribution in [3.8, 4) is 5.75 Å². The summed E-state index contributed by atoms with van der Waals surface area (Å²) in [5.74, 6) is 0.471. The maximum absolute atomic E-state index is 11.9. The van der Waals surface area contributed by atoms with Crippen molar-refractivity contribution in [3.05, 3.63) is 40.9 Å². The molecular formula is C15H17N3O3S. The van der Waals surface area contributed by atoms with Gasteiger partial charge in [0.15, 0.2) is 0 Å². The van der Waals surface area contributed by atoms with Gasteiger partial charge in [-0.1, -0.05) is 29.5 Å². The molecule has 0 saturated heterocycles. The van der Waals surface area contributed by atoms with E-state index in [4.69, 9.17) is 9.47 Å². The first-order valence-corrected chi connectivity index (χ1v) is 7.56. The Labute approximate surface area is 132 Å². The van der Waals surface area contributed by atoms with Crippen molar-refractivity contribution < 1.29 is 14.3 Å². The highest BCUT2D eigenvalue weighted by Crippen LogP contribution is 2.20. The molecule has 1 heterocycles. The molecule has 0 unspecified atom stereocenters. The van der Waals surface area contributed by atoms with Gasteiger partial charge in [-0.3, -0.25) is 10.1 Å². The van der Waals surface area contributed by atoms with E-state index in [2.05, 4.69) is 15.5 Å². The summed E-state index contributed by atoms with van der Waals surface area (Å²) in [6, 6.07) is 7.53. The minimum atomic E-state index is -0.272. The molecule has 22 heavy (non-hydrogen) atoms. The van der Waals surface area contributed by atoms with Gasteiger partial charge in [0, 0.05) is 18.7 Å². The number of rotatable bonds is 7. The average Bonchev–Trinajstić information content (AvgIpc) is 2.94.